The third-order valence-electron chi connectivity index (χ3n) is 6.79. The van der Waals surface area contributed by atoms with E-state index in [9.17, 15) is 4.79 Å². The van der Waals surface area contributed by atoms with Crippen molar-refractivity contribution < 1.29 is 9.32 Å². The molecule has 2 aromatic rings. The van der Waals surface area contributed by atoms with Crippen LogP contribution in [-0.2, 0) is 31.1 Å². The lowest BCUT2D eigenvalue weighted by molar-refractivity contribution is -0.132. The summed E-state index contributed by atoms with van der Waals surface area (Å²) >= 11 is 0. The van der Waals surface area contributed by atoms with Crippen LogP contribution in [-0.4, -0.2) is 38.8 Å². The van der Waals surface area contributed by atoms with Gasteiger partial charge in [-0.3, -0.25) is 9.48 Å². The first-order chi connectivity index (χ1) is 13.4. The second kappa shape index (κ2) is 7.72. The Labute approximate surface area is 167 Å². The number of hydrogen-bond donors (Lipinski definition) is 0. The largest absolute Gasteiger partial charge is 0.361 e. The van der Waals surface area contributed by atoms with Crippen molar-refractivity contribution in [3.05, 3.63) is 34.0 Å². The molecule has 6 nitrogen and oxygen atoms in total. The number of aromatic nitrogens is 3. The lowest BCUT2D eigenvalue weighted by atomic mass is 9.83. The van der Waals surface area contributed by atoms with Crippen LogP contribution < -0.4 is 0 Å². The molecule has 6 heteroatoms. The number of aryl methyl sites for hydroxylation is 3. The Kier molecular flexibility index (Phi) is 5.30. The minimum absolute atomic E-state index is 0.259. The molecule has 1 fully saturated rings. The van der Waals surface area contributed by atoms with Gasteiger partial charge in [-0.05, 0) is 63.9 Å². The summed E-state index contributed by atoms with van der Waals surface area (Å²) in [6, 6.07) is 0. The van der Waals surface area contributed by atoms with E-state index in [1.807, 2.05) is 23.6 Å². The van der Waals surface area contributed by atoms with E-state index < -0.39 is 0 Å². The van der Waals surface area contributed by atoms with Gasteiger partial charge in [0, 0.05) is 43.7 Å². The molecule has 2 aromatic heterocycles. The molecule has 1 atom stereocenters. The number of rotatable bonds is 4. The van der Waals surface area contributed by atoms with Crippen molar-refractivity contribution in [1.82, 2.24) is 19.8 Å². The lowest BCUT2D eigenvalue weighted by Crippen LogP contribution is -2.38. The molecule has 0 N–H and O–H groups in total. The fourth-order valence-electron chi connectivity index (χ4n) is 4.89. The fourth-order valence-corrected chi connectivity index (χ4v) is 4.89. The van der Waals surface area contributed by atoms with Crippen LogP contribution in [0.3, 0.4) is 0 Å². The van der Waals surface area contributed by atoms with Crippen molar-refractivity contribution in [3.8, 4) is 0 Å². The van der Waals surface area contributed by atoms with E-state index in [1.54, 1.807) is 0 Å². The average molecular weight is 385 g/mol. The summed E-state index contributed by atoms with van der Waals surface area (Å²) in [5.41, 5.74) is 5.96. The third kappa shape index (κ3) is 3.61. The van der Waals surface area contributed by atoms with Gasteiger partial charge in [0.25, 0.3) is 0 Å². The van der Waals surface area contributed by atoms with Gasteiger partial charge < -0.3 is 9.42 Å². The van der Waals surface area contributed by atoms with Crippen molar-refractivity contribution >= 4 is 5.91 Å². The molecule has 1 unspecified atom stereocenters. The molecule has 1 amide bonds. The van der Waals surface area contributed by atoms with Gasteiger partial charge in [0.1, 0.15) is 5.76 Å². The van der Waals surface area contributed by atoms with Crippen molar-refractivity contribution in [2.24, 2.45) is 13.0 Å². The summed E-state index contributed by atoms with van der Waals surface area (Å²) in [5.74, 6) is 2.49. The second-order valence-electron chi connectivity index (χ2n) is 8.75. The Morgan fingerprint density at radius 3 is 2.64 bits per heavy atom. The monoisotopic (exact) mass is 384 g/mol. The summed E-state index contributed by atoms with van der Waals surface area (Å²) in [6.45, 7) is 8.05. The van der Waals surface area contributed by atoms with Gasteiger partial charge in [-0.25, -0.2) is 0 Å². The van der Waals surface area contributed by atoms with Crippen molar-refractivity contribution in [2.45, 2.75) is 71.6 Å². The predicted molar refractivity (Wildman–Crippen MR) is 107 cm³/mol. The molecule has 3 heterocycles. The van der Waals surface area contributed by atoms with E-state index in [1.165, 1.54) is 23.2 Å². The van der Waals surface area contributed by atoms with E-state index in [0.29, 0.717) is 18.3 Å². The summed E-state index contributed by atoms with van der Waals surface area (Å²) in [4.78, 5) is 14.8. The highest BCUT2D eigenvalue weighted by molar-refractivity contribution is 5.76. The Balaban J connectivity index is 1.33. The van der Waals surface area contributed by atoms with Crippen molar-refractivity contribution in [3.63, 3.8) is 0 Å². The molecule has 0 saturated carbocycles. The second-order valence-corrected chi connectivity index (χ2v) is 8.75. The molecular weight excluding hydrogens is 352 g/mol. The number of carbonyl (C=O) groups is 1. The van der Waals surface area contributed by atoms with Crippen molar-refractivity contribution in [1.29, 1.82) is 0 Å². The molecule has 0 spiro atoms. The Hall–Kier alpha value is -2.11. The topological polar surface area (TPSA) is 64.2 Å². The van der Waals surface area contributed by atoms with Crippen LogP contribution in [0.1, 0.15) is 72.5 Å². The van der Waals surface area contributed by atoms with Gasteiger partial charge in [-0.15, -0.1) is 0 Å². The van der Waals surface area contributed by atoms with Gasteiger partial charge in [0.15, 0.2) is 0 Å². The molecule has 1 saturated heterocycles. The molecule has 4 rings (SSSR count). The molecule has 1 aliphatic carbocycles. The molecular formula is C22H32N4O2. The Morgan fingerprint density at radius 2 is 1.96 bits per heavy atom. The molecule has 2 aliphatic rings. The summed E-state index contributed by atoms with van der Waals surface area (Å²) < 4.78 is 7.67. The van der Waals surface area contributed by atoms with Gasteiger partial charge in [0.2, 0.25) is 5.91 Å². The van der Waals surface area contributed by atoms with E-state index >= 15 is 0 Å². The highest BCUT2D eigenvalue weighted by Crippen LogP contribution is 2.36. The minimum Gasteiger partial charge on any atom is -0.361 e. The fraction of sp³-hybridized carbons (Fsp3) is 0.682. The number of carbonyl (C=O) groups excluding carboxylic acids is 1. The van der Waals surface area contributed by atoms with E-state index in [0.717, 1.165) is 62.3 Å². The van der Waals surface area contributed by atoms with Crippen LogP contribution in [0.15, 0.2) is 4.52 Å². The standard InChI is InChI=1S/C22H32N4O2/c1-14-5-7-20-19(13-14)22(28-24-20)17-9-11-26(12-10-17)21(27)8-6-18-15(2)23-25(4)16(18)3/h14,17H,5-13H2,1-4H3. The number of piperidine rings is 1. The first kappa shape index (κ1) is 19.2. The lowest BCUT2D eigenvalue weighted by Gasteiger charge is -2.31. The molecule has 1 aliphatic heterocycles. The van der Waals surface area contributed by atoms with Crippen LogP contribution in [0, 0.1) is 19.8 Å². The zero-order valence-electron chi connectivity index (χ0n) is 17.6. The summed E-state index contributed by atoms with van der Waals surface area (Å²) in [5, 5.41) is 8.79. The average Bonchev–Trinajstić information content (AvgIpc) is 3.20. The zero-order chi connectivity index (χ0) is 19.8. The van der Waals surface area contributed by atoms with Crippen LogP contribution in [0.4, 0.5) is 0 Å². The van der Waals surface area contributed by atoms with Gasteiger partial charge in [-0.1, -0.05) is 12.1 Å². The maximum Gasteiger partial charge on any atom is 0.222 e. The van der Waals surface area contributed by atoms with Gasteiger partial charge >= 0.3 is 0 Å². The normalized spacial score (nSPS) is 20.4. The molecule has 0 radical (unpaired) electrons. The van der Waals surface area contributed by atoms with E-state index in [2.05, 4.69) is 24.1 Å². The van der Waals surface area contributed by atoms with E-state index in [4.69, 9.17) is 4.52 Å². The van der Waals surface area contributed by atoms with Crippen LogP contribution >= 0.6 is 0 Å². The maximum atomic E-state index is 12.7. The summed E-state index contributed by atoms with van der Waals surface area (Å²) in [6.07, 6.45) is 6.65. The number of likely N-dealkylation sites (tertiary alicyclic amines) is 1. The van der Waals surface area contributed by atoms with Crippen LogP contribution in [0.2, 0.25) is 0 Å². The van der Waals surface area contributed by atoms with Gasteiger partial charge in [-0.2, -0.15) is 5.10 Å². The van der Waals surface area contributed by atoms with Crippen LogP contribution in [0.25, 0.3) is 0 Å². The number of amides is 1. The Morgan fingerprint density at radius 1 is 1.21 bits per heavy atom. The van der Waals surface area contributed by atoms with Crippen LogP contribution in [0.5, 0.6) is 0 Å². The molecule has 28 heavy (non-hydrogen) atoms. The highest BCUT2D eigenvalue weighted by atomic mass is 16.5. The SMILES string of the molecule is Cc1nn(C)c(C)c1CCC(=O)N1CCC(c2onc3c2CC(C)CC3)CC1. The first-order valence-electron chi connectivity index (χ1n) is 10.7. The molecule has 0 bridgehead atoms. The molecule has 0 aromatic carbocycles. The predicted octanol–water partition coefficient (Wildman–Crippen LogP) is 3.49. The summed E-state index contributed by atoms with van der Waals surface area (Å²) in [7, 11) is 1.96. The maximum absolute atomic E-state index is 12.7. The Bertz CT molecular complexity index is 858. The quantitative estimate of drug-likeness (QED) is 0.809. The first-order valence-corrected chi connectivity index (χ1v) is 10.7. The third-order valence-corrected chi connectivity index (χ3v) is 6.79. The zero-order valence-corrected chi connectivity index (χ0v) is 17.6. The number of hydrogen-bond acceptors (Lipinski definition) is 4. The molecule has 152 valence electrons. The van der Waals surface area contributed by atoms with Crippen molar-refractivity contribution in [2.75, 3.05) is 13.1 Å². The minimum atomic E-state index is 0.259. The number of fused-ring (bicyclic) bond motifs is 1. The van der Waals surface area contributed by atoms with Gasteiger partial charge in [0.05, 0.1) is 11.4 Å². The number of nitrogens with zero attached hydrogens (tertiary/aromatic N) is 4. The highest BCUT2D eigenvalue weighted by Gasteiger charge is 2.31. The smallest absolute Gasteiger partial charge is 0.222 e. The van der Waals surface area contributed by atoms with E-state index in [-0.39, 0.29) is 5.91 Å².